The van der Waals surface area contributed by atoms with E-state index in [4.69, 9.17) is 10.8 Å². The molecule has 20 heavy (non-hydrogen) atoms. The monoisotopic (exact) mass is 280 g/mol. The molecule has 1 atom stereocenters. The molecular weight excluding hydrogens is 256 g/mol. The van der Waals surface area contributed by atoms with Gasteiger partial charge >= 0.3 is 0 Å². The first-order chi connectivity index (χ1) is 9.45. The molecule has 112 valence electrons. The van der Waals surface area contributed by atoms with Gasteiger partial charge in [-0.3, -0.25) is 9.59 Å². The van der Waals surface area contributed by atoms with Crippen molar-refractivity contribution in [3.05, 3.63) is 23.3 Å². The van der Waals surface area contributed by atoms with E-state index in [0.717, 1.165) is 12.0 Å². The zero-order chi connectivity index (χ0) is 15.2. The Morgan fingerprint density at radius 1 is 1.50 bits per heavy atom. The SMILES string of the molecule is CCCNC(=O)C1(CCCO)C=C(C)C=C(C(N)=O)C1. The van der Waals surface area contributed by atoms with E-state index in [-0.39, 0.29) is 12.5 Å². The summed E-state index contributed by atoms with van der Waals surface area (Å²) in [5, 5.41) is 11.9. The van der Waals surface area contributed by atoms with Crippen LogP contribution < -0.4 is 11.1 Å². The smallest absolute Gasteiger partial charge is 0.244 e. The average Bonchev–Trinajstić information content (AvgIpc) is 2.41. The van der Waals surface area contributed by atoms with E-state index in [1.165, 1.54) is 0 Å². The van der Waals surface area contributed by atoms with Crippen LogP contribution in [0.1, 0.15) is 39.5 Å². The molecule has 2 amide bonds. The lowest BCUT2D eigenvalue weighted by atomic mass is 9.72. The molecule has 0 spiro atoms. The maximum absolute atomic E-state index is 12.5. The minimum absolute atomic E-state index is 0.0192. The highest BCUT2D eigenvalue weighted by atomic mass is 16.3. The predicted octanol–water partition coefficient (Wildman–Crippen LogP) is 1.03. The van der Waals surface area contributed by atoms with Crippen molar-refractivity contribution in [2.24, 2.45) is 11.1 Å². The van der Waals surface area contributed by atoms with Crippen molar-refractivity contribution in [2.75, 3.05) is 13.2 Å². The molecule has 5 nitrogen and oxygen atoms in total. The average molecular weight is 280 g/mol. The number of nitrogens with two attached hydrogens (primary N) is 1. The van der Waals surface area contributed by atoms with E-state index in [1.807, 2.05) is 19.9 Å². The molecule has 1 aliphatic carbocycles. The fourth-order valence-electron chi connectivity index (χ4n) is 2.58. The summed E-state index contributed by atoms with van der Waals surface area (Å²) < 4.78 is 0. The molecule has 1 unspecified atom stereocenters. The van der Waals surface area contributed by atoms with Crippen molar-refractivity contribution in [3.8, 4) is 0 Å². The van der Waals surface area contributed by atoms with Crippen LogP contribution in [0, 0.1) is 5.41 Å². The zero-order valence-corrected chi connectivity index (χ0v) is 12.2. The van der Waals surface area contributed by atoms with Crippen LogP contribution in [0.3, 0.4) is 0 Å². The van der Waals surface area contributed by atoms with Gasteiger partial charge in [-0.15, -0.1) is 0 Å². The van der Waals surface area contributed by atoms with Gasteiger partial charge in [-0.05, 0) is 32.6 Å². The summed E-state index contributed by atoms with van der Waals surface area (Å²) in [6.07, 6.45) is 5.78. The van der Waals surface area contributed by atoms with E-state index in [9.17, 15) is 9.59 Å². The van der Waals surface area contributed by atoms with Gasteiger partial charge in [0.05, 0.1) is 5.41 Å². The second-order valence-corrected chi connectivity index (χ2v) is 5.34. The molecule has 0 aliphatic heterocycles. The van der Waals surface area contributed by atoms with Gasteiger partial charge in [0.2, 0.25) is 11.8 Å². The van der Waals surface area contributed by atoms with Crippen molar-refractivity contribution in [1.29, 1.82) is 0 Å². The highest BCUT2D eigenvalue weighted by Gasteiger charge is 2.39. The lowest BCUT2D eigenvalue weighted by Crippen LogP contribution is -2.42. The molecule has 0 bridgehead atoms. The Hall–Kier alpha value is -1.62. The summed E-state index contributed by atoms with van der Waals surface area (Å²) in [5.74, 6) is -0.590. The third-order valence-electron chi connectivity index (χ3n) is 3.50. The number of hydrogen-bond donors (Lipinski definition) is 3. The van der Waals surface area contributed by atoms with Gasteiger partial charge in [-0.2, -0.15) is 0 Å². The lowest BCUT2D eigenvalue weighted by Gasteiger charge is -2.33. The number of aliphatic hydroxyl groups is 1. The quantitative estimate of drug-likeness (QED) is 0.650. The van der Waals surface area contributed by atoms with Crippen molar-refractivity contribution in [1.82, 2.24) is 5.32 Å². The molecule has 0 saturated carbocycles. The van der Waals surface area contributed by atoms with Crippen molar-refractivity contribution in [3.63, 3.8) is 0 Å². The third kappa shape index (κ3) is 3.93. The lowest BCUT2D eigenvalue weighted by molar-refractivity contribution is -0.129. The Balaban J connectivity index is 3.03. The number of aliphatic hydroxyl groups excluding tert-OH is 1. The Morgan fingerprint density at radius 3 is 2.75 bits per heavy atom. The molecule has 0 heterocycles. The molecule has 0 aromatic heterocycles. The number of amides is 2. The summed E-state index contributed by atoms with van der Waals surface area (Å²) >= 11 is 0. The normalized spacial score (nSPS) is 21.9. The number of primary amides is 1. The van der Waals surface area contributed by atoms with E-state index in [0.29, 0.717) is 31.4 Å². The van der Waals surface area contributed by atoms with E-state index >= 15 is 0 Å². The van der Waals surface area contributed by atoms with Gasteiger partial charge in [0, 0.05) is 18.7 Å². The third-order valence-corrected chi connectivity index (χ3v) is 3.50. The minimum atomic E-state index is -0.777. The maximum atomic E-state index is 12.5. The van der Waals surface area contributed by atoms with Crippen LogP contribution >= 0.6 is 0 Å². The molecule has 0 radical (unpaired) electrons. The molecule has 4 N–H and O–H groups in total. The number of allylic oxidation sites excluding steroid dienone is 2. The van der Waals surface area contributed by atoms with Crippen LogP contribution in [0.5, 0.6) is 0 Å². The van der Waals surface area contributed by atoms with Crippen LogP contribution in [0.15, 0.2) is 23.3 Å². The number of carbonyl (C=O) groups is 2. The number of carbonyl (C=O) groups excluding carboxylic acids is 2. The molecular formula is C15H24N2O3. The van der Waals surface area contributed by atoms with Crippen molar-refractivity contribution in [2.45, 2.75) is 39.5 Å². The van der Waals surface area contributed by atoms with E-state index < -0.39 is 11.3 Å². The Bertz CT molecular complexity index is 440. The number of rotatable bonds is 7. The van der Waals surface area contributed by atoms with Gasteiger partial charge in [0.25, 0.3) is 0 Å². The Labute approximate surface area is 119 Å². The second-order valence-electron chi connectivity index (χ2n) is 5.34. The van der Waals surface area contributed by atoms with Crippen LogP contribution in [0.25, 0.3) is 0 Å². The van der Waals surface area contributed by atoms with Crippen molar-refractivity contribution >= 4 is 11.8 Å². The molecule has 0 aromatic rings. The second kappa shape index (κ2) is 7.24. The predicted molar refractivity (Wildman–Crippen MR) is 77.7 cm³/mol. The topological polar surface area (TPSA) is 92.4 Å². The van der Waals surface area contributed by atoms with Crippen molar-refractivity contribution < 1.29 is 14.7 Å². The Kier molecular flexibility index (Phi) is 5.95. The van der Waals surface area contributed by atoms with Gasteiger partial charge in [0.15, 0.2) is 0 Å². The molecule has 0 saturated heterocycles. The zero-order valence-electron chi connectivity index (χ0n) is 12.2. The highest BCUT2D eigenvalue weighted by molar-refractivity contribution is 5.95. The van der Waals surface area contributed by atoms with Gasteiger partial charge in [-0.25, -0.2) is 0 Å². The first-order valence-corrected chi connectivity index (χ1v) is 7.04. The van der Waals surface area contributed by atoms with Gasteiger partial charge in [0.1, 0.15) is 0 Å². The summed E-state index contributed by atoms with van der Waals surface area (Å²) in [7, 11) is 0. The van der Waals surface area contributed by atoms with Crippen LogP contribution in [0.2, 0.25) is 0 Å². The molecule has 5 heteroatoms. The first kappa shape index (κ1) is 16.4. The number of hydrogen-bond acceptors (Lipinski definition) is 3. The fourth-order valence-corrected chi connectivity index (χ4v) is 2.58. The van der Waals surface area contributed by atoms with E-state index in [2.05, 4.69) is 5.32 Å². The van der Waals surface area contributed by atoms with Gasteiger partial charge < -0.3 is 16.2 Å². The Morgan fingerprint density at radius 2 is 2.20 bits per heavy atom. The summed E-state index contributed by atoms with van der Waals surface area (Å²) in [6.45, 7) is 4.45. The molecule has 0 aromatic carbocycles. The van der Waals surface area contributed by atoms with Crippen LogP contribution in [-0.2, 0) is 9.59 Å². The highest BCUT2D eigenvalue weighted by Crippen LogP contribution is 2.38. The minimum Gasteiger partial charge on any atom is -0.396 e. The number of nitrogens with one attached hydrogen (secondary N) is 1. The maximum Gasteiger partial charge on any atom is 0.244 e. The summed E-state index contributed by atoms with van der Waals surface area (Å²) in [6, 6.07) is 0. The molecule has 1 rings (SSSR count). The van der Waals surface area contributed by atoms with Gasteiger partial charge in [-0.1, -0.05) is 24.6 Å². The largest absolute Gasteiger partial charge is 0.396 e. The first-order valence-electron chi connectivity index (χ1n) is 7.04. The standard InChI is InChI=1S/C15H24N2O3/c1-3-6-17-14(20)15(5-4-7-18)9-11(2)8-12(10-15)13(16)19/h8-9,18H,3-7,10H2,1-2H3,(H2,16,19)(H,17,20). The fraction of sp³-hybridized carbons (Fsp3) is 0.600. The van der Waals surface area contributed by atoms with Crippen LogP contribution in [-0.4, -0.2) is 30.1 Å². The van der Waals surface area contributed by atoms with E-state index in [1.54, 1.807) is 6.08 Å². The molecule has 0 fully saturated rings. The molecule has 1 aliphatic rings. The summed E-state index contributed by atoms with van der Waals surface area (Å²) in [5.41, 5.74) is 5.91. The van der Waals surface area contributed by atoms with Crippen LogP contribution in [0.4, 0.5) is 0 Å². The summed E-state index contributed by atoms with van der Waals surface area (Å²) in [4.78, 5) is 23.9.